The quantitative estimate of drug-likeness (QED) is 0.386. The van der Waals surface area contributed by atoms with E-state index >= 15 is 0 Å². The van der Waals surface area contributed by atoms with Crippen molar-refractivity contribution in [1.82, 2.24) is 15.0 Å². The van der Waals surface area contributed by atoms with Crippen LogP contribution in [0.4, 0.5) is 23.0 Å². The Kier molecular flexibility index (Phi) is 6.98. The van der Waals surface area contributed by atoms with E-state index in [-0.39, 0.29) is 0 Å². The first-order chi connectivity index (χ1) is 18.2. The van der Waals surface area contributed by atoms with Crippen molar-refractivity contribution < 1.29 is 9.47 Å². The highest BCUT2D eigenvalue weighted by Crippen LogP contribution is 2.35. The van der Waals surface area contributed by atoms with E-state index < -0.39 is 0 Å². The number of morpholine rings is 2. The Morgan fingerprint density at radius 2 is 1.35 bits per heavy atom. The molecule has 9 heteroatoms. The number of nitrogens with one attached hydrogen (secondary N) is 1. The first kappa shape index (κ1) is 23.8. The first-order valence-electron chi connectivity index (χ1n) is 12.7. The molecule has 0 aliphatic carbocycles. The van der Waals surface area contributed by atoms with Crippen LogP contribution in [-0.4, -0.2) is 67.6 Å². The maximum absolute atomic E-state index is 5.47. The summed E-state index contributed by atoms with van der Waals surface area (Å²) in [5.41, 5.74) is 6.34. The van der Waals surface area contributed by atoms with Crippen molar-refractivity contribution in [2.75, 3.05) is 67.7 Å². The number of ether oxygens (including phenoxy) is 2. The number of rotatable bonds is 6. The standard InChI is InChI=1S/C28H30N6O2S/c1-20-26(37-27(30-20)21-2-6-23(7-3-21)33-12-16-35-17-13-33)25-10-11-29-28(32-25)31-22-4-8-24(9-5-22)34-14-18-36-19-15-34/h2-11H,12-19H2,1H3,(H,29,31,32). The fourth-order valence-electron chi connectivity index (χ4n) is 4.65. The molecule has 4 heterocycles. The maximum atomic E-state index is 5.47. The van der Waals surface area contributed by atoms with Gasteiger partial charge in [0, 0.05) is 55.0 Å². The van der Waals surface area contributed by atoms with Crippen LogP contribution in [0.25, 0.3) is 21.1 Å². The predicted molar refractivity (Wildman–Crippen MR) is 149 cm³/mol. The molecule has 190 valence electrons. The summed E-state index contributed by atoms with van der Waals surface area (Å²) in [6, 6.07) is 19.0. The highest BCUT2D eigenvalue weighted by molar-refractivity contribution is 7.18. The molecule has 0 bridgehead atoms. The third-order valence-corrected chi connectivity index (χ3v) is 7.90. The van der Waals surface area contributed by atoms with Gasteiger partial charge in [-0.05, 0) is 61.5 Å². The molecular formula is C28H30N6O2S. The van der Waals surface area contributed by atoms with Crippen molar-refractivity contribution in [1.29, 1.82) is 0 Å². The van der Waals surface area contributed by atoms with Gasteiger partial charge in [-0.1, -0.05) is 0 Å². The van der Waals surface area contributed by atoms with Crippen LogP contribution in [0.2, 0.25) is 0 Å². The fourth-order valence-corrected chi connectivity index (χ4v) is 5.69. The Morgan fingerprint density at radius 3 is 1.97 bits per heavy atom. The van der Waals surface area contributed by atoms with E-state index in [4.69, 9.17) is 19.4 Å². The third kappa shape index (κ3) is 5.44. The molecule has 1 N–H and O–H groups in total. The summed E-state index contributed by atoms with van der Waals surface area (Å²) in [5, 5.41) is 4.34. The van der Waals surface area contributed by atoms with Gasteiger partial charge < -0.3 is 24.6 Å². The molecular weight excluding hydrogens is 484 g/mol. The number of aromatic nitrogens is 3. The Bertz CT molecular complexity index is 1330. The second-order valence-corrected chi connectivity index (χ2v) is 10.1. The van der Waals surface area contributed by atoms with E-state index in [2.05, 4.69) is 68.6 Å². The second-order valence-electron chi connectivity index (χ2n) is 9.12. The van der Waals surface area contributed by atoms with E-state index in [0.29, 0.717) is 5.95 Å². The van der Waals surface area contributed by atoms with Gasteiger partial charge in [0.2, 0.25) is 5.95 Å². The number of aryl methyl sites for hydroxylation is 1. The monoisotopic (exact) mass is 514 g/mol. The Morgan fingerprint density at radius 1 is 0.757 bits per heavy atom. The van der Waals surface area contributed by atoms with E-state index in [1.165, 1.54) is 11.4 Å². The lowest BCUT2D eigenvalue weighted by molar-refractivity contribution is 0.122. The van der Waals surface area contributed by atoms with Crippen LogP contribution in [0.5, 0.6) is 0 Å². The van der Waals surface area contributed by atoms with Gasteiger partial charge in [-0.25, -0.2) is 15.0 Å². The fraction of sp³-hybridized carbons (Fsp3) is 0.321. The van der Waals surface area contributed by atoms with Gasteiger partial charge in [0.15, 0.2) is 0 Å². The smallest absolute Gasteiger partial charge is 0.227 e. The van der Waals surface area contributed by atoms with Crippen LogP contribution >= 0.6 is 11.3 Å². The molecule has 8 nitrogen and oxygen atoms in total. The van der Waals surface area contributed by atoms with Crippen molar-refractivity contribution in [2.45, 2.75) is 6.92 Å². The lowest BCUT2D eigenvalue weighted by Gasteiger charge is -2.28. The maximum Gasteiger partial charge on any atom is 0.227 e. The van der Waals surface area contributed by atoms with Gasteiger partial charge in [0.1, 0.15) is 5.01 Å². The molecule has 0 spiro atoms. The van der Waals surface area contributed by atoms with Gasteiger partial charge in [-0.2, -0.15) is 0 Å². The van der Waals surface area contributed by atoms with Crippen molar-refractivity contribution in [3.05, 3.63) is 66.5 Å². The molecule has 0 amide bonds. The molecule has 2 aliphatic heterocycles. The molecule has 4 aromatic rings. The lowest BCUT2D eigenvalue weighted by Crippen LogP contribution is -2.36. The van der Waals surface area contributed by atoms with Gasteiger partial charge in [0.05, 0.1) is 42.7 Å². The summed E-state index contributed by atoms with van der Waals surface area (Å²) in [6.07, 6.45) is 1.79. The molecule has 2 aromatic heterocycles. The number of hydrogen-bond donors (Lipinski definition) is 1. The summed E-state index contributed by atoms with van der Waals surface area (Å²) in [4.78, 5) is 19.8. The molecule has 2 aromatic carbocycles. The normalized spacial score (nSPS) is 16.1. The van der Waals surface area contributed by atoms with E-state index in [9.17, 15) is 0 Å². The van der Waals surface area contributed by atoms with Crippen LogP contribution in [-0.2, 0) is 9.47 Å². The number of anilines is 4. The Balaban J connectivity index is 1.17. The number of benzene rings is 2. The molecule has 2 fully saturated rings. The van der Waals surface area contributed by atoms with Crippen LogP contribution in [0, 0.1) is 6.92 Å². The zero-order chi connectivity index (χ0) is 25.0. The van der Waals surface area contributed by atoms with Crippen LogP contribution < -0.4 is 15.1 Å². The average molecular weight is 515 g/mol. The van der Waals surface area contributed by atoms with Gasteiger partial charge in [-0.3, -0.25) is 0 Å². The van der Waals surface area contributed by atoms with Crippen LogP contribution in [0.15, 0.2) is 60.8 Å². The molecule has 0 saturated carbocycles. The molecule has 0 atom stereocenters. The largest absolute Gasteiger partial charge is 0.378 e. The summed E-state index contributed by atoms with van der Waals surface area (Å²) in [7, 11) is 0. The molecule has 2 saturated heterocycles. The molecule has 0 unspecified atom stereocenters. The summed E-state index contributed by atoms with van der Waals surface area (Å²) in [6.45, 7) is 8.87. The topological polar surface area (TPSA) is 75.6 Å². The van der Waals surface area contributed by atoms with E-state index in [1.54, 1.807) is 17.5 Å². The molecule has 2 aliphatic rings. The Hall–Kier alpha value is -3.53. The molecule has 37 heavy (non-hydrogen) atoms. The minimum absolute atomic E-state index is 0.570. The highest BCUT2D eigenvalue weighted by Gasteiger charge is 2.16. The third-order valence-electron chi connectivity index (χ3n) is 6.67. The number of thiazole rings is 1. The van der Waals surface area contributed by atoms with Gasteiger partial charge in [0.25, 0.3) is 0 Å². The first-order valence-corrected chi connectivity index (χ1v) is 13.5. The van der Waals surface area contributed by atoms with Crippen molar-refractivity contribution in [2.24, 2.45) is 0 Å². The zero-order valence-corrected chi connectivity index (χ0v) is 21.7. The van der Waals surface area contributed by atoms with Crippen molar-refractivity contribution in [3.63, 3.8) is 0 Å². The summed E-state index contributed by atoms with van der Waals surface area (Å²) in [5.74, 6) is 0.570. The second kappa shape index (κ2) is 10.8. The summed E-state index contributed by atoms with van der Waals surface area (Å²) < 4.78 is 10.9. The predicted octanol–water partition coefficient (Wildman–Crippen LogP) is 4.99. The number of hydrogen-bond acceptors (Lipinski definition) is 9. The molecule has 0 radical (unpaired) electrons. The van der Waals surface area contributed by atoms with Gasteiger partial charge in [-0.15, -0.1) is 11.3 Å². The van der Waals surface area contributed by atoms with Crippen LogP contribution in [0.1, 0.15) is 5.69 Å². The van der Waals surface area contributed by atoms with Gasteiger partial charge >= 0.3 is 0 Å². The minimum atomic E-state index is 0.570. The van der Waals surface area contributed by atoms with Crippen LogP contribution in [0.3, 0.4) is 0 Å². The highest BCUT2D eigenvalue weighted by atomic mass is 32.1. The van der Waals surface area contributed by atoms with E-state index in [0.717, 1.165) is 85.1 Å². The number of nitrogens with zero attached hydrogens (tertiary/aromatic N) is 5. The average Bonchev–Trinajstić information content (AvgIpc) is 3.36. The zero-order valence-electron chi connectivity index (χ0n) is 20.9. The minimum Gasteiger partial charge on any atom is -0.378 e. The van der Waals surface area contributed by atoms with Crippen molar-refractivity contribution >= 4 is 34.3 Å². The summed E-state index contributed by atoms with van der Waals surface area (Å²) >= 11 is 1.66. The van der Waals surface area contributed by atoms with E-state index in [1.807, 2.05) is 13.0 Å². The van der Waals surface area contributed by atoms with Crippen molar-refractivity contribution in [3.8, 4) is 21.1 Å². The SMILES string of the molecule is Cc1nc(-c2ccc(N3CCOCC3)cc2)sc1-c1ccnc(Nc2ccc(N3CCOCC3)cc2)n1. The Labute approximate surface area is 220 Å². The molecule has 6 rings (SSSR count). The lowest BCUT2D eigenvalue weighted by atomic mass is 10.2.